The van der Waals surface area contributed by atoms with Crippen LogP contribution in [0.5, 0.6) is 0 Å². The summed E-state index contributed by atoms with van der Waals surface area (Å²) < 4.78 is 2.00. The molecule has 2 unspecified atom stereocenters. The number of aromatic amines is 1. The highest BCUT2D eigenvalue weighted by molar-refractivity contribution is 5.83. The van der Waals surface area contributed by atoms with Gasteiger partial charge in [-0.3, -0.25) is 4.79 Å². The second-order valence-electron chi connectivity index (χ2n) is 9.94. The number of benzene rings is 2. The van der Waals surface area contributed by atoms with Gasteiger partial charge in [-0.2, -0.15) is 0 Å². The van der Waals surface area contributed by atoms with Gasteiger partial charge in [-0.25, -0.2) is 4.68 Å². The molecule has 2 aromatic heterocycles. The Bertz CT molecular complexity index is 1430. The average Bonchev–Trinajstić information content (AvgIpc) is 3.58. The van der Waals surface area contributed by atoms with Crippen molar-refractivity contribution in [2.45, 2.75) is 71.0 Å². The van der Waals surface area contributed by atoms with E-state index in [4.69, 9.17) is 0 Å². The Hall–Kier alpha value is -3.48. The highest BCUT2D eigenvalue weighted by Crippen LogP contribution is 2.42. The molecular formula is C27H30N6O. The van der Waals surface area contributed by atoms with Crippen molar-refractivity contribution in [3.05, 3.63) is 80.9 Å². The van der Waals surface area contributed by atoms with Crippen LogP contribution in [-0.4, -0.2) is 31.2 Å². The van der Waals surface area contributed by atoms with Crippen LogP contribution in [0.2, 0.25) is 0 Å². The zero-order valence-corrected chi connectivity index (χ0v) is 20.0. The SMILES string of the molecule is Cc1ccc2cc(C(c3nnnn3C3CCCC3)N3c4ccccc4CC3C)c(=O)[nH]c2c1C. The molecule has 6 rings (SSSR count). The van der Waals surface area contributed by atoms with Crippen LogP contribution in [0, 0.1) is 13.8 Å². The highest BCUT2D eigenvalue weighted by atomic mass is 16.1. The van der Waals surface area contributed by atoms with Gasteiger partial charge in [-0.1, -0.05) is 43.2 Å². The molecule has 0 amide bonds. The molecule has 0 bridgehead atoms. The molecule has 0 spiro atoms. The maximum atomic E-state index is 13.7. The topological polar surface area (TPSA) is 79.7 Å². The Morgan fingerprint density at radius 1 is 1.09 bits per heavy atom. The lowest BCUT2D eigenvalue weighted by atomic mass is 9.99. The van der Waals surface area contributed by atoms with Crippen molar-refractivity contribution in [1.29, 1.82) is 0 Å². The van der Waals surface area contributed by atoms with E-state index in [1.54, 1.807) is 0 Å². The van der Waals surface area contributed by atoms with Crippen LogP contribution < -0.4 is 10.5 Å². The number of pyridine rings is 1. The van der Waals surface area contributed by atoms with E-state index in [1.165, 1.54) is 24.0 Å². The van der Waals surface area contributed by atoms with Crippen LogP contribution in [-0.2, 0) is 6.42 Å². The first-order valence-electron chi connectivity index (χ1n) is 12.3. The number of nitrogens with one attached hydrogen (secondary N) is 1. The Kier molecular flexibility index (Phi) is 5.01. The number of nitrogens with zero attached hydrogens (tertiary/aromatic N) is 5. The fourth-order valence-electron chi connectivity index (χ4n) is 5.93. The molecule has 7 heteroatoms. The molecular weight excluding hydrogens is 424 g/mol. The van der Waals surface area contributed by atoms with E-state index in [2.05, 4.69) is 82.6 Å². The molecule has 1 aliphatic heterocycles. The quantitative estimate of drug-likeness (QED) is 0.480. The molecule has 2 aliphatic rings. The lowest BCUT2D eigenvalue weighted by Gasteiger charge is -2.34. The van der Waals surface area contributed by atoms with Gasteiger partial charge < -0.3 is 9.88 Å². The molecule has 1 fully saturated rings. The third kappa shape index (κ3) is 3.25. The number of para-hydroxylation sites is 1. The van der Waals surface area contributed by atoms with E-state index in [-0.39, 0.29) is 23.7 Å². The van der Waals surface area contributed by atoms with Crippen LogP contribution in [0.4, 0.5) is 5.69 Å². The van der Waals surface area contributed by atoms with Crippen molar-refractivity contribution in [1.82, 2.24) is 25.2 Å². The van der Waals surface area contributed by atoms with Gasteiger partial charge >= 0.3 is 0 Å². The number of hydrogen-bond donors (Lipinski definition) is 1. The number of tetrazole rings is 1. The maximum absolute atomic E-state index is 13.7. The predicted octanol–water partition coefficient (Wildman–Crippen LogP) is 4.79. The molecule has 3 heterocycles. The molecule has 0 radical (unpaired) electrons. The van der Waals surface area contributed by atoms with Crippen LogP contribution in [0.3, 0.4) is 0 Å². The minimum atomic E-state index is -0.371. The zero-order valence-electron chi connectivity index (χ0n) is 20.0. The van der Waals surface area contributed by atoms with Gasteiger partial charge in [0, 0.05) is 17.3 Å². The summed E-state index contributed by atoms with van der Waals surface area (Å²) in [6.45, 7) is 6.35. The standard InChI is InChI=1S/C27H30N6O/c1-16-12-13-20-15-22(27(34)28-24(20)18(16)3)25(26-29-30-31-33(26)21-9-5-6-10-21)32-17(2)14-19-8-4-7-11-23(19)32/h4,7-8,11-13,15,17,21,25H,5-6,9-10,14H2,1-3H3,(H,28,34). The third-order valence-corrected chi connectivity index (χ3v) is 7.85. The van der Waals surface area contributed by atoms with Crippen LogP contribution >= 0.6 is 0 Å². The van der Waals surface area contributed by atoms with Gasteiger partial charge in [0.25, 0.3) is 5.56 Å². The minimum Gasteiger partial charge on any atom is -0.354 e. The summed E-state index contributed by atoms with van der Waals surface area (Å²) in [5.74, 6) is 0.754. The molecule has 4 aromatic rings. The first-order chi connectivity index (χ1) is 16.5. The van der Waals surface area contributed by atoms with E-state index in [9.17, 15) is 4.79 Å². The van der Waals surface area contributed by atoms with E-state index in [0.29, 0.717) is 5.56 Å². The summed E-state index contributed by atoms with van der Waals surface area (Å²) in [6, 6.07) is 14.9. The van der Waals surface area contributed by atoms with Gasteiger partial charge in [0.1, 0.15) is 6.04 Å². The first-order valence-corrected chi connectivity index (χ1v) is 12.3. The largest absolute Gasteiger partial charge is 0.354 e. The van der Waals surface area contributed by atoms with Gasteiger partial charge in [0.2, 0.25) is 0 Å². The van der Waals surface area contributed by atoms with Gasteiger partial charge in [-0.05, 0) is 84.7 Å². The predicted molar refractivity (Wildman–Crippen MR) is 133 cm³/mol. The normalized spacial score (nSPS) is 19.1. The minimum absolute atomic E-state index is 0.0799. The smallest absolute Gasteiger partial charge is 0.254 e. The number of rotatable bonds is 4. The lowest BCUT2D eigenvalue weighted by Crippen LogP contribution is -2.39. The molecule has 2 atom stereocenters. The summed E-state index contributed by atoms with van der Waals surface area (Å²) in [4.78, 5) is 19.2. The molecule has 7 nitrogen and oxygen atoms in total. The van der Waals surface area contributed by atoms with Crippen LogP contribution in [0.25, 0.3) is 10.9 Å². The summed E-state index contributed by atoms with van der Waals surface area (Å²) >= 11 is 0. The van der Waals surface area contributed by atoms with Crippen molar-refractivity contribution in [3.63, 3.8) is 0 Å². The van der Waals surface area contributed by atoms with Crippen LogP contribution in [0.1, 0.15) is 72.8 Å². The monoisotopic (exact) mass is 454 g/mol. The van der Waals surface area contributed by atoms with E-state index in [1.807, 2.05) is 10.7 Å². The van der Waals surface area contributed by atoms with Crippen LogP contribution in [0.15, 0.2) is 47.3 Å². The summed E-state index contributed by atoms with van der Waals surface area (Å²) in [5, 5.41) is 14.1. The number of H-pyrrole nitrogens is 1. The number of aromatic nitrogens is 5. The number of aryl methyl sites for hydroxylation is 2. The van der Waals surface area contributed by atoms with Crippen molar-refractivity contribution in [2.75, 3.05) is 4.90 Å². The zero-order chi connectivity index (χ0) is 23.4. The molecule has 174 valence electrons. The Balaban J connectivity index is 1.59. The first kappa shape index (κ1) is 21.1. The fraction of sp³-hybridized carbons (Fsp3) is 0.407. The third-order valence-electron chi connectivity index (χ3n) is 7.85. The van der Waals surface area contributed by atoms with Gasteiger partial charge in [0.15, 0.2) is 5.82 Å². The second-order valence-corrected chi connectivity index (χ2v) is 9.94. The molecule has 1 N–H and O–H groups in total. The lowest BCUT2D eigenvalue weighted by molar-refractivity contribution is 0.423. The number of hydrogen-bond acceptors (Lipinski definition) is 5. The summed E-state index contributed by atoms with van der Waals surface area (Å²) in [5.41, 5.74) is 6.23. The molecule has 1 saturated carbocycles. The van der Waals surface area contributed by atoms with E-state index in [0.717, 1.165) is 47.2 Å². The van der Waals surface area contributed by atoms with Crippen molar-refractivity contribution in [3.8, 4) is 0 Å². The van der Waals surface area contributed by atoms with E-state index >= 15 is 0 Å². The van der Waals surface area contributed by atoms with E-state index < -0.39 is 0 Å². The highest BCUT2D eigenvalue weighted by Gasteiger charge is 2.39. The molecule has 2 aromatic carbocycles. The van der Waals surface area contributed by atoms with Gasteiger partial charge in [-0.15, -0.1) is 5.10 Å². The summed E-state index contributed by atoms with van der Waals surface area (Å²) in [6.07, 6.45) is 5.45. The molecule has 1 aliphatic carbocycles. The summed E-state index contributed by atoms with van der Waals surface area (Å²) in [7, 11) is 0. The van der Waals surface area contributed by atoms with Crippen molar-refractivity contribution in [2.24, 2.45) is 0 Å². The molecule has 34 heavy (non-hydrogen) atoms. The second kappa shape index (κ2) is 8.08. The average molecular weight is 455 g/mol. The van der Waals surface area contributed by atoms with Crippen molar-refractivity contribution < 1.29 is 0 Å². The Morgan fingerprint density at radius 2 is 1.88 bits per heavy atom. The maximum Gasteiger partial charge on any atom is 0.254 e. The van der Waals surface area contributed by atoms with Gasteiger partial charge in [0.05, 0.1) is 11.6 Å². The molecule has 0 saturated heterocycles. The fourth-order valence-corrected chi connectivity index (χ4v) is 5.93. The van der Waals surface area contributed by atoms with Crippen molar-refractivity contribution >= 4 is 16.6 Å². The number of anilines is 1. The Labute approximate surface area is 198 Å². The Morgan fingerprint density at radius 3 is 2.71 bits per heavy atom. The number of fused-ring (bicyclic) bond motifs is 2.